The summed E-state index contributed by atoms with van der Waals surface area (Å²) in [7, 11) is 0. The van der Waals surface area contributed by atoms with E-state index in [1.54, 1.807) is 36.4 Å². The fraction of sp³-hybridized carbons (Fsp3) is 0.385. The Morgan fingerprint density at radius 3 is 0.868 bits per heavy atom. The highest BCUT2D eigenvalue weighted by molar-refractivity contribution is 6.36. The van der Waals surface area contributed by atoms with E-state index in [2.05, 4.69) is 21.3 Å². The van der Waals surface area contributed by atoms with E-state index < -0.39 is 47.8 Å². The van der Waals surface area contributed by atoms with Gasteiger partial charge in [0.05, 0.1) is 24.2 Å². The van der Waals surface area contributed by atoms with Gasteiger partial charge in [0.1, 0.15) is 0 Å². The highest BCUT2D eigenvalue weighted by Gasteiger charge is 2.27. The van der Waals surface area contributed by atoms with Gasteiger partial charge in [-0.1, -0.05) is 47.5 Å². The summed E-state index contributed by atoms with van der Waals surface area (Å²) in [5.41, 5.74) is 4.01. The van der Waals surface area contributed by atoms with E-state index in [-0.39, 0.29) is 23.5 Å². The van der Waals surface area contributed by atoms with Crippen molar-refractivity contribution in [2.45, 2.75) is 38.0 Å². The van der Waals surface area contributed by atoms with Crippen LogP contribution in [0.2, 0.25) is 0 Å². The van der Waals surface area contributed by atoms with Crippen molar-refractivity contribution < 1.29 is 19.2 Å². The van der Waals surface area contributed by atoms with Crippen molar-refractivity contribution in [1.82, 2.24) is 21.3 Å². The van der Waals surface area contributed by atoms with Crippen molar-refractivity contribution in [3.05, 3.63) is 69.8 Å². The molecule has 2 aromatic carbocycles. The minimum Gasteiger partial charge on any atom is -0.340 e. The lowest BCUT2D eigenvalue weighted by Crippen LogP contribution is -2.44. The molecule has 4 amide bonds. The van der Waals surface area contributed by atoms with Crippen molar-refractivity contribution in [3.63, 3.8) is 0 Å². The largest absolute Gasteiger partial charge is 0.340 e. The number of amides is 4. The predicted octanol–water partition coefficient (Wildman–Crippen LogP) is 3.60. The topological polar surface area (TPSA) is 116 Å². The summed E-state index contributed by atoms with van der Waals surface area (Å²) in [5.74, 6) is -3.62. The number of hydrogen-bond acceptors (Lipinski definition) is 4. The van der Waals surface area contributed by atoms with Crippen LogP contribution in [0, 0.1) is 13.8 Å². The Bertz CT molecular complexity index is 1050. The molecule has 0 radical (unpaired) electrons. The Kier molecular flexibility index (Phi) is 10.7. The molecule has 38 heavy (non-hydrogen) atoms. The molecule has 0 saturated heterocycles. The molecule has 4 unspecified atom stereocenters. The lowest BCUT2D eigenvalue weighted by atomic mass is 9.97. The Balaban J connectivity index is 2.09. The number of benzene rings is 2. The summed E-state index contributed by atoms with van der Waals surface area (Å²) in [6.45, 7) is 3.65. The highest BCUT2D eigenvalue weighted by atomic mass is 35.5. The van der Waals surface area contributed by atoms with Gasteiger partial charge in [0, 0.05) is 23.5 Å². The second kappa shape index (κ2) is 13.5. The third kappa shape index (κ3) is 7.32. The number of alkyl halides is 4. The molecule has 1 aliphatic heterocycles. The van der Waals surface area contributed by atoms with Gasteiger partial charge in [-0.2, -0.15) is 0 Å². The van der Waals surface area contributed by atoms with Gasteiger partial charge in [-0.15, -0.1) is 46.4 Å². The SMILES string of the molecule is Cc1cc2cc(c1)C(CCl)NC(=O)C(=O)NC(CCl)c1cc(C)cc(c1)C(CCl)NC(=O)C(=O)NC2CCl. The van der Waals surface area contributed by atoms with Gasteiger partial charge in [-0.05, 0) is 36.1 Å². The first-order valence-corrected chi connectivity index (χ1v) is 13.9. The van der Waals surface area contributed by atoms with Crippen molar-refractivity contribution in [1.29, 1.82) is 0 Å². The first-order chi connectivity index (χ1) is 18.1. The average molecular weight is 602 g/mol. The zero-order valence-electron chi connectivity index (χ0n) is 20.7. The first-order valence-electron chi connectivity index (χ1n) is 11.8. The molecule has 3 rings (SSSR count). The molecular weight excluding hydrogens is 574 g/mol. The first kappa shape index (κ1) is 30.0. The van der Waals surface area contributed by atoms with E-state index in [0.717, 1.165) is 11.1 Å². The van der Waals surface area contributed by atoms with Gasteiger partial charge in [0.15, 0.2) is 0 Å². The molecule has 4 atom stereocenters. The molecule has 1 heterocycles. The Morgan fingerprint density at radius 1 is 0.474 bits per heavy atom. The molecule has 0 aromatic heterocycles. The average Bonchev–Trinajstić information content (AvgIpc) is 2.89. The van der Waals surface area contributed by atoms with Crippen molar-refractivity contribution in [3.8, 4) is 0 Å². The summed E-state index contributed by atoms with van der Waals surface area (Å²) in [4.78, 5) is 51.4. The lowest BCUT2D eigenvalue weighted by molar-refractivity contribution is -0.140. The quantitative estimate of drug-likeness (QED) is 0.316. The van der Waals surface area contributed by atoms with Crippen LogP contribution in [-0.4, -0.2) is 47.1 Å². The molecule has 4 bridgehead atoms. The second-order valence-electron chi connectivity index (χ2n) is 9.08. The Labute approximate surface area is 241 Å². The summed E-state index contributed by atoms with van der Waals surface area (Å²) in [6.07, 6.45) is 0. The van der Waals surface area contributed by atoms with E-state index >= 15 is 0 Å². The third-order valence-electron chi connectivity index (χ3n) is 6.10. The molecule has 4 N–H and O–H groups in total. The van der Waals surface area contributed by atoms with Crippen LogP contribution in [0.1, 0.15) is 57.5 Å². The van der Waals surface area contributed by atoms with Gasteiger partial charge in [-0.3, -0.25) is 19.2 Å². The Morgan fingerprint density at radius 2 is 0.684 bits per heavy atom. The molecule has 2 aromatic rings. The normalized spacial score (nSPS) is 22.9. The van der Waals surface area contributed by atoms with E-state index in [1.165, 1.54) is 0 Å². The number of halogens is 4. The number of carbonyl (C=O) groups is 4. The van der Waals surface area contributed by atoms with Gasteiger partial charge < -0.3 is 21.3 Å². The van der Waals surface area contributed by atoms with Crippen LogP contribution in [0.15, 0.2) is 36.4 Å². The monoisotopic (exact) mass is 600 g/mol. The van der Waals surface area contributed by atoms with E-state index in [4.69, 9.17) is 46.4 Å². The zero-order chi connectivity index (χ0) is 28.0. The maximum absolute atomic E-state index is 12.8. The fourth-order valence-corrected chi connectivity index (χ4v) is 5.25. The van der Waals surface area contributed by atoms with Crippen LogP contribution in [-0.2, 0) is 19.2 Å². The van der Waals surface area contributed by atoms with Crippen LogP contribution in [0.4, 0.5) is 0 Å². The van der Waals surface area contributed by atoms with Gasteiger partial charge in [-0.25, -0.2) is 0 Å². The van der Waals surface area contributed by atoms with E-state index in [1.807, 2.05) is 13.8 Å². The highest BCUT2D eigenvalue weighted by Crippen LogP contribution is 2.26. The molecule has 8 nitrogen and oxygen atoms in total. The number of fused-ring (bicyclic) bond motifs is 4. The van der Waals surface area contributed by atoms with E-state index in [0.29, 0.717) is 22.3 Å². The second-order valence-corrected chi connectivity index (χ2v) is 10.3. The van der Waals surface area contributed by atoms with Crippen molar-refractivity contribution >= 4 is 70.0 Å². The maximum atomic E-state index is 12.8. The van der Waals surface area contributed by atoms with Crippen molar-refractivity contribution in [2.24, 2.45) is 0 Å². The molecule has 204 valence electrons. The third-order valence-corrected chi connectivity index (χ3v) is 7.34. The number of rotatable bonds is 4. The minimum atomic E-state index is -0.879. The molecule has 0 spiro atoms. The Hall–Kier alpha value is -2.52. The number of hydrogen-bond donors (Lipinski definition) is 4. The number of aryl methyl sites for hydroxylation is 2. The standard InChI is InChI=1S/C26H28Cl4N4O4/c1-13-3-15-7-16(4-13)20(10-28)32-24(36)26(38)34-22(12-30)18-6-14(2)5-17(8-18)21(11-29)33-25(37)23(35)31-19(15)9-27/h3-8,19-22H,9-12H2,1-2H3,(H,31,35)(H,32,36)(H,33,37)(H,34,38). The summed E-state index contributed by atoms with van der Waals surface area (Å²) >= 11 is 24.7. The lowest BCUT2D eigenvalue weighted by Gasteiger charge is -2.24. The minimum absolute atomic E-state index is 0.0256. The molecule has 0 saturated carbocycles. The zero-order valence-corrected chi connectivity index (χ0v) is 23.8. The summed E-state index contributed by atoms with van der Waals surface area (Å²) < 4.78 is 0. The summed E-state index contributed by atoms with van der Waals surface area (Å²) in [6, 6.07) is 7.76. The molecular formula is C26H28Cl4N4O4. The van der Waals surface area contributed by atoms with Gasteiger partial charge >= 0.3 is 23.6 Å². The fourth-order valence-electron chi connectivity index (χ4n) is 4.23. The van der Waals surface area contributed by atoms with Gasteiger partial charge in [0.2, 0.25) is 0 Å². The van der Waals surface area contributed by atoms with Crippen molar-refractivity contribution in [2.75, 3.05) is 23.5 Å². The molecule has 12 heteroatoms. The van der Waals surface area contributed by atoms with Crippen LogP contribution < -0.4 is 21.3 Å². The number of nitrogens with one attached hydrogen (secondary N) is 4. The van der Waals surface area contributed by atoms with Crippen LogP contribution in [0.25, 0.3) is 0 Å². The van der Waals surface area contributed by atoms with Crippen LogP contribution in [0.5, 0.6) is 0 Å². The molecule has 1 aliphatic rings. The molecule has 0 fully saturated rings. The van der Waals surface area contributed by atoms with Crippen LogP contribution in [0.3, 0.4) is 0 Å². The number of carbonyl (C=O) groups excluding carboxylic acids is 4. The van der Waals surface area contributed by atoms with Gasteiger partial charge in [0.25, 0.3) is 0 Å². The van der Waals surface area contributed by atoms with Crippen LogP contribution >= 0.6 is 46.4 Å². The predicted molar refractivity (Wildman–Crippen MR) is 149 cm³/mol. The molecule has 0 aliphatic carbocycles. The van der Waals surface area contributed by atoms with E-state index in [9.17, 15) is 19.2 Å². The summed E-state index contributed by atoms with van der Waals surface area (Å²) in [5, 5.41) is 10.6. The maximum Gasteiger partial charge on any atom is 0.309 e. The smallest absolute Gasteiger partial charge is 0.309 e.